The van der Waals surface area contributed by atoms with Crippen molar-refractivity contribution in [3.05, 3.63) is 34.9 Å². The van der Waals surface area contributed by atoms with E-state index in [9.17, 15) is 4.39 Å². The molecule has 108 valence electrons. The molecule has 0 atom stereocenters. The molecule has 1 aromatic carbocycles. The van der Waals surface area contributed by atoms with E-state index < -0.39 is 8.09 Å². The zero-order chi connectivity index (χ0) is 14.8. The van der Waals surface area contributed by atoms with Crippen molar-refractivity contribution in [2.45, 2.75) is 32.1 Å². The summed E-state index contributed by atoms with van der Waals surface area (Å²) in [5, 5.41) is 3.15. The molecule has 0 aliphatic carbocycles. The van der Waals surface area contributed by atoms with Crippen LogP contribution in [0.2, 0.25) is 0 Å². The molecule has 0 unspecified atom stereocenters. The van der Waals surface area contributed by atoms with Crippen molar-refractivity contribution in [3.63, 3.8) is 0 Å². The van der Waals surface area contributed by atoms with Gasteiger partial charge in [0.15, 0.2) is 0 Å². The van der Waals surface area contributed by atoms with E-state index in [1.807, 2.05) is 20.1 Å². The van der Waals surface area contributed by atoms with E-state index in [4.69, 9.17) is 5.73 Å². The molecular weight excluding hydrogens is 299 g/mol. The smallest absolute Gasteiger partial charge is 0.127 e. The summed E-state index contributed by atoms with van der Waals surface area (Å²) in [6.45, 7) is 5.74. The number of rotatable bonds is 4. The number of hydrogen-bond acceptors (Lipinski definition) is 4. The van der Waals surface area contributed by atoms with Crippen LogP contribution in [0.15, 0.2) is 28.4 Å². The van der Waals surface area contributed by atoms with E-state index >= 15 is 0 Å². The zero-order valence-corrected chi connectivity index (χ0v) is 14.2. The molecule has 0 bridgehead atoms. The first kappa shape index (κ1) is 16.6. The Morgan fingerprint density at radius 1 is 1.42 bits per heavy atom. The molecule has 6 heteroatoms. The van der Waals surface area contributed by atoms with Crippen LogP contribution in [0.1, 0.15) is 25.8 Å². The summed E-state index contributed by atoms with van der Waals surface area (Å²) in [6.07, 6.45) is 2.75. The van der Waals surface area contributed by atoms with Gasteiger partial charge in [-0.05, 0) is 44.2 Å². The third kappa shape index (κ3) is 4.00. The fourth-order valence-electron chi connectivity index (χ4n) is 1.71. The van der Waals surface area contributed by atoms with Gasteiger partial charge in [0.25, 0.3) is 0 Å². The van der Waals surface area contributed by atoms with Crippen molar-refractivity contribution in [3.8, 4) is 0 Å². The molecule has 0 heterocycles. The molecule has 0 saturated heterocycles. The number of thiol groups is 2. The van der Waals surface area contributed by atoms with E-state index in [-0.39, 0.29) is 5.82 Å². The lowest BCUT2D eigenvalue weighted by atomic mass is 10.2. The largest absolute Gasteiger partial charge is 0.385 e. The predicted molar refractivity (Wildman–Crippen MR) is 91.7 cm³/mol. The first-order chi connectivity index (χ1) is 8.68. The molecule has 19 heavy (non-hydrogen) atoms. The summed E-state index contributed by atoms with van der Waals surface area (Å²) >= 11 is 9.02. The van der Waals surface area contributed by atoms with Crippen LogP contribution in [0, 0.1) is 12.7 Å². The minimum atomic E-state index is -1.66. The Morgan fingerprint density at radius 3 is 2.47 bits per heavy atom. The second-order valence-electron chi connectivity index (χ2n) is 4.56. The lowest BCUT2D eigenvalue weighted by Gasteiger charge is -2.28. The third-order valence-corrected chi connectivity index (χ3v) is 5.38. The minimum absolute atomic E-state index is 0.253. The lowest BCUT2D eigenvalue weighted by Crippen LogP contribution is -2.13. The van der Waals surface area contributed by atoms with E-state index in [0.29, 0.717) is 11.4 Å². The van der Waals surface area contributed by atoms with Crippen molar-refractivity contribution < 1.29 is 4.39 Å². The maximum atomic E-state index is 13.7. The summed E-state index contributed by atoms with van der Waals surface area (Å²) in [5.74, 6) is 0.345. The molecule has 0 spiro atoms. The number of hydrogen-bond donors (Lipinski definition) is 4. The van der Waals surface area contributed by atoms with E-state index in [1.165, 1.54) is 6.07 Å². The average Bonchev–Trinajstić information content (AvgIpc) is 2.31. The SMILES string of the molecule is CC/C(C)=C(\N)Nc1ccc(F)c(C)c1S(C)(S)S. The normalized spacial score (nSPS) is 14.1. The number of halogens is 1. The summed E-state index contributed by atoms with van der Waals surface area (Å²) in [4.78, 5) is 0.783. The number of anilines is 1. The van der Waals surface area contributed by atoms with Crippen LogP contribution in [0.4, 0.5) is 10.1 Å². The van der Waals surface area contributed by atoms with Crippen LogP contribution in [0.25, 0.3) is 0 Å². The van der Waals surface area contributed by atoms with Gasteiger partial charge in [0.2, 0.25) is 0 Å². The van der Waals surface area contributed by atoms with Gasteiger partial charge >= 0.3 is 0 Å². The van der Waals surface area contributed by atoms with Gasteiger partial charge in [0.1, 0.15) is 5.82 Å². The van der Waals surface area contributed by atoms with Crippen molar-refractivity contribution in [1.29, 1.82) is 0 Å². The molecule has 0 aromatic heterocycles. The van der Waals surface area contributed by atoms with Crippen LogP contribution in [0.5, 0.6) is 0 Å². The van der Waals surface area contributed by atoms with E-state index in [2.05, 4.69) is 28.6 Å². The van der Waals surface area contributed by atoms with Gasteiger partial charge in [-0.25, -0.2) is 4.39 Å². The molecular formula is C13H21FN2S3. The van der Waals surface area contributed by atoms with Crippen LogP contribution in [0.3, 0.4) is 0 Å². The molecule has 3 N–H and O–H groups in total. The molecule has 0 fully saturated rings. The highest BCUT2D eigenvalue weighted by atomic mass is 33.5. The van der Waals surface area contributed by atoms with Gasteiger partial charge < -0.3 is 11.1 Å². The monoisotopic (exact) mass is 320 g/mol. The topological polar surface area (TPSA) is 38.0 Å². The summed E-state index contributed by atoms with van der Waals surface area (Å²) in [7, 11) is -1.66. The minimum Gasteiger partial charge on any atom is -0.385 e. The van der Waals surface area contributed by atoms with Gasteiger partial charge in [-0.3, -0.25) is 0 Å². The van der Waals surface area contributed by atoms with Crippen molar-refractivity contribution in [2.24, 2.45) is 5.73 Å². The molecule has 1 rings (SSSR count). The number of nitrogens with two attached hydrogens (primary N) is 1. The van der Waals surface area contributed by atoms with Gasteiger partial charge in [0.05, 0.1) is 11.5 Å². The molecule has 1 aromatic rings. The predicted octanol–water partition coefficient (Wildman–Crippen LogP) is 4.63. The summed E-state index contributed by atoms with van der Waals surface area (Å²) in [6, 6.07) is 3.12. The summed E-state index contributed by atoms with van der Waals surface area (Å²) < 4.78 is 13.7. The van der Waals surface area contributed by atoms with Crippen molar-refractivity contribution in [1.82, 2.24) is 0 Å². The Balaban J connectivity index is 3.34. The fourth-order valence-corrected chi connectivity index (χ4v) is 4.33. The van der Waals surface area contributed by atoms with E-state index in [1.54, 1.807) is 13.0 Å². The van der Waals surface area contributed by atoms with Crippen molar-refractivity contribution in [2.75, 3.05) is 11.6 Å². The van der Waals surface area contributed by atoms with Gasteiger partial charge in [-0.1, -0.05) is 6.92 Å². The van der Waals surface area contributed by atoms with Crippen LogP contribution >= 0.6 is 31.4 Å². The van der Waals surface area contributed by atoms with Gasteiger partial charge in [-0.2, -0.15) is 0 Å². The second-order valence-corrected chi connectivity index (χ2v) is 11.9. The highest BCUT2D eigenvalue weighted by molar-refractivity contribution is 9.17. The van der Waals surface area contributed by atoms with Gasteiger partial charge in [0, 0.05) is 10.5 Å². The Bertz CT molecular complexity index is 507. The standard InChI is InChI=1S/C13H21FN2S3/c1-5-8(2)13(15)16-11-7-6-10(14)9(3)12(11)19(4,17)18/h6-7,16-18H,5,15H2,1-4H3/b13-8+. The van der Waals surface area contributed by atoms with Crippen molar-refractivity contribution >= 4 is 37.1 Å². The molecule has 2 nitrogen and oxygen atoms in total. The zero-order valence-electron chi connectivity index (χ0n) is 11.6. The highest BCUT2D eigenvalue weighted by Gasteiger charge is 2.21. The van der Waals surface area contributed by atoms with Crippen LogP contribution in [-0.2, 0) is 0 Å². The second kappa shape index (κ2) is 6.33. The van der Waals surface area contributed by atoms with Gasteiger partial charge in [-0.15, -0.1) is 31.4 Å². The Hall–Kier alpha value is -0.460. The maximum absolute atomic E-state index is 13.7. The average molecular weight is 321 g/mol. The molecule has 0 aliphatic rings. The maximum Gasteiger partial charge on any atom is 0.127 e. The Kier molecular flexibility index (Phi) is 5.53. The third-order valence-electron chi connectivity index (χ3n) is 2.99. The number of nitrogens with one attached hydrogen (secondary N) is 1. The van der Waals surface area contributed by atoms with Crippen LogP contribution < -0.4 is 11.1 Å². The fraction of sp³-hybridized carbons (Fsp3) is 0.385. The quantitative estimate of drug-likeness (QED) is 0.482. The first-order valence-electron chi connectivity index (χ1n) is 5.93. The molecule has 0 amide bonds. The Morgan fingerprint density at radius 2 is 2.00 bits per heavy atom. The molecule has 0 aliphatic heterocycles. The number of benzene rings is 1. The summed E-state index contributed by atoms with van der Waals surface area (Å²) in [5.41, 5.74) is 8.39. The van der Waals surface area contributed by atoms with Crippen LogP contribution in [-0.4, -0.2) is 6.26 Å². The molecule has 0 saturated carbocycles. The van der Waals surface area contributed by atoms with E-state index in [0.717, 1.165) is 22.6 Å². The number of allylic oxidation sites excluding steroid dienone is 1. The molecule has 0 radical (unpaired) electrons. The Labute approximate surface area is 126 Å². The highest BCUT2D eigenvalue weighted by Crippen LogP contribution is 2.64. The lowest BCUT2D eigenvalue weighted by molar-refractivity contribution is 0.614. The first-order valence-corrected chi connectivity index (χ1v) is 10.1.